The van der Waals surface area contributed by atoms with Crippen LogP contribution in [0.1, 0.15) is 77.7 Å². The summed E-state index contributed by atoms with van der Waals surface area (Å²) >= 11 is 0. The summed E-state index contributed by atoms with van der Waals surface area (Å²) in [5, 5.41) is 66.2. The predicted octanol–water partition coefficient (Wildman–Crippen LogP) is 5.46. The van der Waals surface area contributed by atoms with Gasteiger partial charge in [0.25, 0.3) is 0 Å². The SMILES string of the molecule is Cc1cc2c(c(O)c1-c1c(C)cc3c(C(C)C)c(O)c(O)c(C=O)c3c1O)C(C=O)=C(O)C(O)[C@H]2C(C)C. The first kappa shape index (κ1) is 27.0. The summed E-state index contributed by atoms with van der Waals surface area (Å²) in [4.78, 5) is 24.0. The van der Waals surface area contributed by atoms with Crippen molar-refractivity contribution in [1.29, 1.82) is 0 Å². The third kappa shape index (κ3) is 3.62. The van der Waals surface area contributed by atoms with Gasteiger partial charge in [0.05, 0.1) is 11.1 Å². The average Bonchev–Trinajstić information content (AvgIpc) is 2.83. The van der Waals surface area contributed by atoms with Crippen LogP contribution in [-0.2, 0) is 4.79 Å². The second-order valence-electron chi connectivity index (χ2n) is 10.6. The number of aldehydes is 2. The van der Waals surface area contributed by atoms with Crippen molar-refractivity contribution in [1.82, 2.24) is 0 Å². The van der Waals surface area contributed by atoms with Crippen LogP contribution in [0.15, 0.2) is 17.9 Å². The third-order valence-electron chi connectivity index (χ3n) is 7.63. The average molecular weight is 521 g/mol. The van der Waals surface area contributed by atoms with Gasteiger partial charge in [-0.15, -0.1) is 0 Å². The molecule has 2 atom stereocenters. The fourth-order valence-electron chi connectivity index (χ4n) is 5.96. The Bertz CT molecular complexity index is 1540. The molecule has 0 amide bonds. The van der Waals surface area contributed by atoms with E-state index >= 15 is 0 Å². The highest BCUT2D eigenvalue weighted by Crippen LogP contribution is 2.54. The molecule has 0 saturated carbocycles. The van der Waals surface area contributed by atoms with Gasteiger partial charge in [-0.2, -0.15) is 0 Å². The minimum Gasteiger partial charge on any atom is -0.509 e. The number of allylic oxidation sites excluding steroid dienone is 1. The van der Waals surface area contributed by atoms with E-state index in [0.717, 1.165) is 0 Å². The fraction of sp³-hybridized carbons (Fsp3) is 0.333. The van der Waals surface area contributed by atoms with Gasteiger partial charge in [0.1, 0.15) is 23.4 Å². The molecule has 1 aliphatic rings. The number of aliphatic hydroxyl groups is 2. The van der Waals surface area contributed by atoms with Gasteiger partial charge >= 0.3 is 0 Å². The molecule has 0 saturated heterocycles. The molecule has 0 aromatic heterocycles. The Morgan fingerprint density at radius 1 is 0.763 bits per heavy atom. The molecule has 38 heavy (non-hydrogen) atoms. The summed E-state index contributed by atoms with van der Waals surface area (Å²) in [7, 11) is 0. The van der Waals surface area contributed by atoms with E-state index in [1.807, 2.05) is 13.8 Å². The van der Waals surface area contributed by atoms with E-state index in [1.54, 1.807) is 39.8 Å². The van der Waals surface area contributed by atoms with E-state index in [0.29, 0.717) is 40.2 Å². The number of hydrogen-bond acceptors (Lipinski definition) is 8. The Hall–Kier alpha value is -4.04. The van der Waals surface area contributed by atoms with Crippen molar-refractivity contribution in [2.75, 3.05) is 0 Å². The fourth-order valence-corrected chi connectivity index (χ4v) is 5.96. The molecule has 0 bridgehead atoms. The lowest BCUT2D eigenvalue weighted by atomic mass is 9.72. The molecule has 0 spiro atoms. The Morgan fingerprint density at radius 2 is 1.34 bits per heavy atom. The lowest BCUT2D eigenvalue weighted by Gasteiger charge is -2.34. The van der Waals surface area contributed by atoms with Crippen LogP contribution in [0.5, 0.6) is 23.0 Å². The summed E-state index contributed by atoms with van der Waals surface area (Å²) in [5.74, 6) is -3.43. The van der Waals surface area contributed by atoms with Gasteiger partial charge in [-0.05, 0) is 47.8 Å². The van der Waals surface area contributed by atoms with Crippen LogP contribution in [0, 0.1) is 19.8 Å². The van der Waals surface area contributed by atoms with Crippen molar-refractivity contribution in [3.8, 4) is 34.1 Å². The minimum absolute atomic E-state index is 0.0144. The van der Waals surface area contributed by atoms with Crippen LogP contribution >= 0.6 is 0 Å². The molecule has 6 N–H and O–H groups in total. The number of benzene rings is 3. The number of fused-ring (bicyclic) bond motifs is 2. The second kappa shape index (κ2) is 9.36. The van der Waals surface area contributed by atoms with Gasteiger partial charge in [0.15, 0.2) is 24.1 Å². The Labute approximate surface area is 220 Å². The maximum Gasteiger partial charge on any atom is 0.169 e. The van der Waals surface area contributed by atoms with Crippen molar-refractivity contribution in [3.05, 3.63) is 51.3 Å². The number of aryl methyl sites for hydroxylation is 2. The molecule has 0 radical (unpaired) electrons. The first-order chi connectivity index (χ1) is 17.8. The molecule has 0 aliphatic heterocycles. The van der Waals surface area contributed by atoms with Crippen LogP contribution < -0.4 is 0 Å². The van der Waals surface area contributed by atoms with Crippen molar-refractivity contribution in [3.63, 3.8) is 0 Å². The van der Waals surface area contributed by atoms with E-state index in [9.17, 15) is 40.2 Å². The highest BCUT2D eigenvalue weighted by molar-refractivity contribution is 6.13. The molecule has 200 valence electrons. The molecule has 0 heterocycles. The predicted molar refractivity (Wildman–Crippen MR) is 144 cm³/mol. The van der Waals surface area contributed by atoms with Crippen LogP contribution in [0.3, 0.4) is 0 Å². The first-order valence-electron chi connectivity index (χ1n) is 12.4. The highest BCUT2D eigenvalue weighted by atomic mass is 16.3. The van der Waals surface area contributed by atoms with Gasteiger partial charge in [-0.1, -0.05) is 39.8 Å². The number of carbonyl (C=O) groups excluding carboxylic acids is 2. The lowest BCUT2D eigenvalue weighted by molar-refractivity contribution is -0.103. The van der Waals surface area contributed by atoms with Crippen molar-refractivity contribution in [2.45, 2.75) is 59.5 Å². The van der Waals surface area contributed by atoms with Gasteiger partial charge in [0, 0.05) is 33.6 Å². The summed E-state index contributed by atoms with van der Waals surface area (Å²) in [6, 6.07) is 3.38. The summed E-state index contributed by atoms with van der Waals surface area (Å²) in [6.45, 7) is 10.7. The summed E-state index contributed by atoms with van der Waals surface area (Å²) in [6.07, 6.45) is -0.608. The van der Waals surface area contributed by atoms with E-state index < -0.39 is 35.0 Å². The van der Waals surface area contributed by atoms with Crippen LogP contribution in [0.25, 0.3) is 27.5 Å². The minimum atomic E-state index is -1.33. The normalized spacial score (nSPS) is 17.4. The zero-order chi connectivity index (χ0) is 28.4. The number of aliphatic hydroxyl groups excluding tert-OH is 2. The quantitative estimate of drug-likeness (QED) is 0.191. The molecular weight excluding hydrogens is 488 g/mol. The molecule has 0 fully saturated rings. The lowest BCUT2D eigenvalue weighted by Crippen LogP contribution is -2.31. The monoisotopic (exact) mass is 520 g/mol. The summed E-state index contributed by atoms with van der Waals surface area (Å²) in [5.41, 5.74) is 1.69. The van der Waals surface area contributed by atoms with Crippen molar-refractivity contribution < 1.29 is 40.2 Å². The Balaban J connectivity index is 2.19. The van der Waals surface area contributed by atoms with E-state index in [2.05, 4.69) is 0 Å². The first-order valence-corrected chi connectivity index (χ1v) is 12.4. The second-order valence-corrected chi connectivity index (χ2v) is 10.6. The van der Waals surface area contributed by atoms with Gasteiger partial charge in [-0.25, -0.2) is 0 Å². The molecule has 1 unspecified atom stereocenters. The van der Waals surface area contributed by atoms with Gasteiger partial charge in [-0.3, -0.25) is 9.59 Å². The summed E-state index contributed by atoms with van der Waals surface area (Å²) < 4.78 is 0. The van der Waals surface area contributed by atoms with Crippen LogP contribution in [0.2, 0.25) is 0 Å². The smallest absolute Gasteiger partial charge is 0.169 e. The molecule has 3 aromatic carbocycles. The molecule has 4 rings (SSSR count). The molecule has 1 aliphatic carbocycles. The highest BCUT2D eigenvalue weighted by Gasteiger charge is 2.39. The van der Waals surface area contributed by atoms with Gasteiger partial charge < -0.3 is 30.6 Å². The zero-order valence-electron chi connectivity index (χ0n) is 22.1. The number of phenolic OH excluding ortho intramolecular Hbond substituents is 4. The maximum atomic E-state index is 12.0. The Kier molecular flexibility index (Phi) is 6.66. The van der Waals surface area contributed by atoms with Crippen molar-refractivity contribution >= 4 is 28.9 Å². The number of carbonyl (C=O) groups is 2. The largest absolute Gasteiger partial charge is 0.509 e. The van der Waals surface area contributed by atoms with Gasteiger partial charge in [0.2, 0.25) is 0 Å². The Morgan fingerprint density at radius 3 is 1.87 bits per heavy atom. The van der Waals surface area contributed by atoms with Crippen LogP contribution in [-0.4, -0.2) is 49.3 Å². The molecule has 8 nitrogen and oxygen atoms in total. The standard InChI is InChI=1S/C30H32O8/c1-11(2)19-15-7-13(5)21(27(35)23(15)17(9-31)25(33)29(19)37)22-14(6)8-16-20(12(3)4)30(38)26(34)18(10-32)24(16)28(22)36/h7-12,19,29,33-38H,1-6H3/t19-,29?/m0/s1. The molecule has 3 aromatic rings. The number of aromatic hydroxyl groups is 4. The van der Waals surface area contributed by atoms with Crippen molar-refractivity contribution in [2.24, 2.45) is 5.92 Å². The zero-order valence-corrected chi connectivity index (χ0v) is 22.1. The molecule has 8 heteroatoms. The van der Waals surface area contributed by atoms with E-state index in [1.165, 1.54) is 0 Å². The number of rotatable bonds is 5. The maximum absolute atomic E-state index is 12.0. The number of hydrogen-bond donors (Lipinski definition) is 6. The third-order valence-corrected chi connectivity index (χ3v) is 7.63. The topological polar surface area (TPSA) is 156 Å². The van der Waals surface area contributed by atoms with E-state index in [4.69, 9.17) is 0 Å². The van der Waals surface area contributed by atoms with Crippen LogP contribution in [0.4, 0.5) is 0 Å². The number of phenols is 4. The van der Waals surface area contributed by atoms with E-state index in [-0.39, 0.29) is 50.8 Å². The molecular formula is C30H32O8.